The summed E-state index contributed by atoms with van der Waals surface area (Å²) in [6.07, 6.45) is 0. The van der Waals surface area contributed by atoms with Gasteiger partial charge in [-0.05, 0) is 88.7 Å². The monoisotopic (exact) mass is 810 g/mol. The standard InChI is InChI=1S/C24H13BrCl6N2O6S3/c25-23-2-1-19(32-40(34,35)20-6-13(26)3-14(27)7-20)12-24(23)33(41(36,37)21-8-15(28)4-16(29)9-21)42(38,39)22-10-17(30)5-18(31)11-22/h1-12,32H. The van der Waals surface area contributed by atoms with Crippen molar-refractivity contribution in [2.24, 2.45) is 0 Å². The van der Waals surface area contributed by atoms with Gasteiger partial charge in [-0.1, -0.05) is 69.6 Å². The van der Waals surface area contributed by atoms with E-state index in [9.17, 15) is 25.3 Å². The Kier molecular flexibility index (Phi) is 9.96. The maximum Gasteiger partial charge on any atom is 0.277 e. The zero-order valence-corrected chi connectivity index (χ0v) is 28.8. The van der Waals surface area contributed by atoms with Crippen LogP contribution >= 0.6 is 85.5 Å². The summed E-state index contributed by atoms with van der Waals surface area (Å²) < 4.78 is 84.7. The summed E-state index contributed by atoms with van der Waals surface area (Å²) in [4.78, 5) is -1.46. The molecule has 0 unspecified atom stereocenters. The average molecular weight is 814 g/mol. The maximum absolute atomic E-state index is 14.0. The predicted molar refractivity (Wildman–Crippen MR) is 171 cm³/mol. The van der Waals surface area contributed by atoms with Crippen LogP contribution in [0.4, 0.5) is 11.4 Å². The van der Waals surface area contributed by atoms with E-state index in [0.29, 0.717) is 0 Å². The zero-order valence-electron chi connectivity index (χ0n) is 20.2. The van der Waals surface area contributed by atoms with Gasteiger partial charge >= 0.3 is 0 Å². The molecular formula is C24H13BrCl6N2O6S3. The van der Waals surface area contributed by atoms with E-state index in [1.807, 2.05) is 0 Å². The third kappa shape index (κ3) is 7.26. The van der Waals surface area contributed by atoms with Crippen molar-refractivity contribution in [1.29, 1.82) is 0 Å². The van der Waals surface area contributed by atoms with Crippen LogP contribution in [0.15, 0.2) is 92.0 Å². The summed E-state index contributed by atoms with van der Waals surface area (Å²) in [5.41, 5.74) is -0.723. The molecule has 222 valence electrons. The van der Waals surface area contributed by atoms with E-state index >= 15 is 0 Å². The van der Waals surface area contributed by atoms with Gasteiger partial charge in [0.05, 0.1) is 26.1 Å². The number of hydrogen-bond acceptors (Lipinski definition) is 6. The van der Waals surface area contributed by atoms with E-state index in [2.05, 4.69) is 20.7 Å². The molecule has 0 saturated carbocycles. The van der Waals surface area contributed by atoms with Crippen LogP contribution in [-0.4, -0.2) is 25.3 Å². The first kappa shape index (κ1) is 33.4. The minimum atomic E-state index is -5.03. The Labute approximate surface area is 280 Å². The lowest BCUT2D eigenvalue weighted by molar-refractivity contribution is 0.584. The quantitative estimate of drug-likeness (QED) is 0.190. The van der Waals surface area contributed by atoms with Crippen LogP contribution in [0.5, 0.6) is 0 Å². The van der Waals surface area contributed by atoms with Gasteiger partial charge in [0, 0.05) is 34.6 Å². The van der Waals surface area contributed by atoms with Gasteiger partial charge in [-0.25, -0.2) is 25.3 Å². The smallest absolute Gasteiger partial charge is 0.277 e. The van der Waals surface area contributed by atoms with Crippen LogP contribution in [0.1, 0.15) is 0 Å². The van der Waals surface area contributed by atoms with Gasteiger partial charge < -0.3 is 0 Å². The molecule has 4 aromatic rings. The first-order chi connectivity index (χ1) is 19.4. The highest BCUT2D eigenvalue weighted by molar-refractivity contribution is 9.10. The van der Waals surface area contributed by atoms with Crippen molar-refractivity contribution in [2.45, 2.75) is 14.7 Å². The van der Waals surface area contributed by atoms with Crippen LogP contribution in [0.3, 0.4) is 0 Å². The Hall–Kier alpha value is -1.45. The summed E-state index contributed by atoms with van der Waals surface area (Å²) in [5, 5.41) is -0.281. The van der Waals surface area contributed by atoms with Crippen LogP contribution in [0.25, 0.3) is 0 Å². The molecule has 0 aliphatic rings. The van der Waals surface area contributed by atoms with Crippen molar-refractivity contribution in [3.8, 4) is 0 Å². The zero-order chi connectivity index (χ0) is 31.2. The second-order valence-electron chi connectivity index (χ2n) is 8.29. The van der Waals surface area contributed by atoms with Crippen molar-refractivity contribution >= 4 is 127 Å². The van der Waals surface area contributed by atoms with E-state index in [1.165, 1.54) is 30.3 Å². The molecule has 4 aromatic carbocycles. The minimum absolute atomic E-state index is 0.0445. The van der Waals surface area contributed by atoms with Crippen molar-refractivity contribution in [1.82, 2.24) is 0 Å². The molecule has 0 fully saturated rings. The first-order valence-corrected chi connectivity index (χ1v) is 18.3. The highest BCUT2D eigenvalue weighted by Crippen LogP contribution is 2.40. The van der Waals surface area contributed by atoms with Gasteiger partial charge in [0.15, 0.2) is 0 Å². The molecule has 0 aromatic heterocycles. The number of nitrogens with one attached hydrogen (secondary N) is 1. The van der Waals surface area contributed by atoms with Crippen molar-refractivity contribution in [2.75, 3.05) is 8.43 Å². The Bertz CT molecular complexity index is 1920. The van der Waals surface area contributed by atoms with Gasteiger partial charge in [0.2, 0.25) is 0 Å². The fourth-order valence-electron chi connectivity index (χ4n) is 3.55. The predicted octanol–water partition coefficient (Wildman–Crippen LogP) is 8.75. The maximum atomic E-state index is 14.0. The van der Waals surface area contributed by atoms with Crippen molar-refractivity contribution in [3.63, 3.8) is 0 Å². The number of nitrogens with zero attached hydrogens (tertiary/aromatic N) is 1. The van der Waals surface area contributed by atoms with Crippen LogP contribution in [0, 0.1) is 0 Å². The minimum Gasteiger partial charge on any atom is -0.280 e. The number of benzene rings is 4. The van der Waals surface area contributed by atoms with E-state index in [4.69, 9.17) is 69.6 Å². The molecular weight excluding hydrogens is 801 g/mol. The summed E-state index contributed by atoms with van der Waals surface area (Å²) >= 11 is 39.2. The molecule has 8 nitrogen and oxygen atoms in total. The SMILES string of the molecule is O=S(=O)(Nc1ccc(Br)c(N(S(=O)(=O)c2cc(Cl)cc(Cl)c2)S(=O)(=O)c2cc(Cl)cc(Cl)c2)c1)c1cc(Cl)cc(Cl)c1. The third-order valence-electron chi connectivity index (χ3n) is 5.25. The fraction of sp³-hybridized carbons (Fsp3) is 0. The summed E-state index contributed by atoms with van der Waals surface area (Å²) in [6, 6.07) is 13.6. The Morgan fingerprint density at radius 1 is 0.524 bits per heavy atom. The molecule has 0 spiro atoms. The molecule has 0 atom stereocenters. The van der Waals surface area contributed by atoms with E-state index in [0.717, 1.165) is 42.5 Å². The van der Waals surface area contributed by atoms with Gasteiger partial charge in [0.1, 0.15) is 0 Å². The van der Waals surface area contributed by atoms with Gasteiger partial charge in [-0.15, -0.1) is 0 Å². The molecule has 18 heteroatoms. The summed E-state index contributed by atoms with van der Waals surface area (Å²) in [5.74, 6) is 0. The molecule has 0 amide bonds. The van der Waals surface area contributed by atoms with Crippen LogP contribution < -0.4 is 8.43 Å². The molecule has 0 bridgehead atoms. The van der Waals surface area contributed by atoms with Gasteiger partial charge in [-0.3, -0.25) is 4.72 Å². The third-order valence-corrected chi connectivity index (χ3v) is 12.7. The van der Waals surface area contributed by atoms with Crippen molar-refractivity contribution < 1.29 is 25.3 Å². The van der Waals surface area contributed by atoms with E-state index < -0.39 is 45.5 Å². The number of sulfonamides is 3. The fourth-order valence-corrected chi connectivity index (χ4v) is 11.1. The largest absolute Gasteiger partial charge is 0.280 e. The molecule has 1 N–H and O–H groups in total. The van der Waals surface area contributed by atoms with Gasteiger partial charge in [0.25, 0.3) is 30.1 Å². The van der Waals surface area contributed by atoms with Crippen molar-refractivity contribution in [3.05, 3.63) is 107 Å². The molecule has 0 radical (unpaired) electrons. The number of anilines is 2. The average Bonchev–Trinajstić information content (AvgIpc) is 2.84. The Morgan fingerprint density at radius 2 is 0.881 bits per heavy atom. The summed E-state index contributed by atoms with van der Waals surface area (Å²) in [7, 11) is -14.4. The molecule has 0 saturated heterocycles. The Balaban J connectivity index is 1.96. The van der Waals surface area contributed by atoms with Crippen LogP contribution in [0.2, 0.25) is 30.1 Å². The lowest BCUT2D eigenvalue weighted by atomic mass is 10.3. The highest BCUT2D eigenvalue weighted by Gasteiger charge is 2.39. The van der Waals surface area contributed by atoms with Crippen LogP contribution in [-0.2, 0) is 30.1 Å². The number of rotatable bonds is 8. The Morgan fingerprint density at radius 3 is 1.26 bits per heavy atom. The highest BCUT2D eigenvalue weighted by atomic mass is 79.9. The first-order valence-electron chi connectivity index (χ1n) is 10.9. The normalized spacial score (nSPS) is 12.3. The topological polar surface area (TPSA) is 118 Å². The number of hydrogen-bond donors (Lipinski definition) is 1. The van der Waals surface area contributed by atoms with E-state index in [-0.39, 0.29) is 48.9 Å². The summed E-state index contributed by atoms with van der Waals surface area (Å²) in [6.45, 7) is 0. The lowest BCUT2D eigenvalue weighted by Crippen LogP contribution is -2.37. The molecule has 0 heterocycles. The molecule has 0 aliphatic heterocycles. The molecule has 42 heavy (non-hydrogen) atoms. The van der Waals surface area contributed by atoms with E-state index in [1.54, 1.807) is 0 Å². The number of halogens is 7. The lowest BCUT2D eigenvalue weighted by Gasteiger charge is -2.26. The molecule has 4 rings (SSSR count). The molecule has 0 aliphatic carbocycles. The van der Waals surface area contributed by atoms with Gasteiger partial charge in [-0.2, -0.15) is 3.71 Å². The second-order valence-corrected chi connectivity index (χ2v) is 17.3. The second kappa shape index (κ2) is 12.5.